The van der Waals surface area contributed by atoms with Crippen molar-refractivity contribution < 1.29 is 9.59 Å². The van der Waals surface area contributed by atoms with Crippen LogP contribution in [0, 0.1) is 5.92 Å². The van der Waals surface area contributed by atoms with Crippen LogP contribution in [-0.4, -0.2) is 22.8 Å². The molecule has 1 aliphatic rings. The lowest BCUT2D eigenvalue weighted by atomic mass is 9.83. The molecule has 4 N–H and O–H groups in total. The van der Waals surface area contributed by atoms with E-state index in [0.717, 1.165) is 25.7 Å². The first-order valence-corrected chi connectivity index (χ1v) is 7.34. The number of aromatic nitrogens is 1. The molecule has 0 spiro atoms. The topological polar surface area (TPSA) is 97.1 Å². The van der Waals surface area contributed by atoms with E-state index in [2.05, 4.69) is 15.6 Å². The van der Waals surface area contributed by atoms with Gasteiger partial charge in [0, 0.05) is 25.6 Å². The Kier molecular flexibility index (Phi) is 5.27. The van der Waals surface area contributed by atoms with E-state index in [-0.39, 0.29) is 23.8 Å². The van der Waals surface area contributed by atoms with Crippen molar-refractivity contribution in [3.63, 3.8) is 0 Å². The standard InChI is InChI=1S/C15H22N4O2/c1-10(20)18-15-13(7-4-8-17-15)19-14(21)9-11-5-2-3-6-12(11)16/h4,7-8,11-12H,2-3,5-6,9,16H2,1H3,(H,19,21)(H,17,18,20)/t11-,12-/m0/s1. The third-order valence-corrected chi connectivity index (χ3v) is 3.79. The Morgan fingerprint density at radius 2 is 2.10 bits per heavy atom. The van der Waals surface area contributed by atoms with Gasteiger partial charge in [0.2, 0.25) is 11.8 Å². The summed E-state index contributed by atoms with van der Waals surface area (Å²) in [5.41, 5.74) is 6.58. The number of nitrogens with zero attached hydrogens (tertiary/aromatic N) is 1. The highest BCUT2D eigenvalue weighted by atomic mass is 16.2. The molecule has 1 heterocycles. The van der Waals surface area contributed by atoms with Crippen molar-refractivity contribution in [3.8, 4) is 0 Å². The number of rotatable bonds is 4. The lowest BCUT2D eigenvalue weighted by molar-refractivity contribution is -0.117. The predicted octanol–water partition coefficient (Wildman–Crippen LogP) is 1.89. The number of anilines is 2. The maximum atomic E-state index is 12.2. The molecule has 0 saturated heterocycles. The number of hydrogen-bond donors (Lipinski definition) is 3. The molecule has 1 saturated carbocycles. The third kappa shape index (κ3) is 4.53. The van der Waals surface area contributed by atoms with Crippen LogP contribution in [0.1, 0.15) is 39.0 Å². The zero-order valence-electron chi connectivity index (χ0n) is 12.3. The lowest BCUT2D eigenvalue weighted by Gasteiger charge is -2.28. The average molecular weight is 290 g/mol. The van der Waals surface area contributed by atoms with Crippen LogP contribution in [0.5, 0.6) is 0 Å². The van der Waals surface area contributed by atoms with Crippen molar-refractivity contribution in [1.82, 2.24) is 4.98 Å². The Morgan fingerprint density at radius 1 is 1.33 bits per heavy atom. The maximum Gasteiger partial charge on any atom is 0.224 e. The van der Waals surface area contributed by atoms with Crippen molar-refractivity contribution in [2.24, 2.45) is 11.7 Å². The first kappa shape index (κ1) is 15.4. The summed E-state index contributed by atoms with van der Waals surface area (Å²) in [6.07, 6.45) is 6.25. The predicted molar refractivity (Wildman–Crippen MR) is 81.7 cm³/mol. The molecule has 2 atom stereocenters. The summed E-state index contributed by atoms with van der Waals surface area (Å²) in [4.78, 5) is 27.4. The first-order valence-electron chi connectivity index (χ1n) is 7.34. The second-order valence-electron chi connectivity index (χ2n) is 5.54. The molecule has 21 heavy (non-hydrogen) atoms. The minimum Gasteiger partial charge on any atom is -0.327 e. The zero-order valence-corrected chi connectivity index (χ0v) is 12.3. The van der Waals surface area contributed by atoms with Gasteiger partial charge in [0.15, 0.2) is 5.82 Å². The van der Waals surface area contributed by atoms with Gasteiger partial charge in [-0.3, -0.25) is 9.59 Å². The van der Waals surface area contributed by atoms with E-state index in [1.165, 1.54) is 6.92 Å². The molecule has 0 bridgehead atoms. The van der Waals surface area contributed by atoms with Crippen LogP contribution in [0.2, 0.25) is 0 Å². The SMILES string of the molecule is CC(=O)Nc1ncccc1NC(=O)C[C@@H]1CCCC[C@@H]1N. The van der Waals surface area contributed by atoms with E-state index in [1.54, 1.807) is 18.3 Å². The van der Waals surface area contributed by atoms with Crippen molar-refractivity contribution in [1.29, 1.82) is 0 Å². The molecule has 1 aromatic rings. The molecule has 6 nitrogen and oxygen atoms in total. The first-order chi connectivity index (χ1) is 10.1. The third-order valence-electron chi connectivity index (χ3n) is 3.79. The van der Waals surface area contributed by atoms with E-state index in [1.807, 2.05) is 0 Å². The van der Waals surface area contributed by atoms with Gasteiger partial charge < -0.3 is 16.4 Å². The fourth-order valence-corrected chi connectivity index (χ4v) is 2.70. The molecule has 114 valence electrons. The molecule has 6 heteroatoms. The molecule has 1 aliphatic carbocycles. The summed E-state index contributed by atoms with van der Waals surface area (Å²) >= 11 is 0. The second kappa shape index (κ2) is 7.17. The molecule has 1 aromatic heterocycles. The van der Waals surface area contributed by atoms with Crippen LogP contribution in [0.25, 0.3) is 0 Å². The monoisotopic (exact) mass is 290 g/mol. The summed E-state index contributed by atoms with van der Waals surface area (Å²) in [7, 11) is 0. The highest BCUT2D eigenvalue weighted by molar-refractivity contribution is 5.97. The van der Waals surface area contributed by atoms with Gasteiger partial charge in [-0.05, 0) is 30.9 Å². The number of carbonyl (C=O) groups is 2. The number of nitrogens with one attached hydrogen (secondary N) is 2. The van der Waals surface area contributed by atoms with E-state index in [4.69, 9.17) is 5.73 Å². The summed E-state index contributed by atoms with van der Waals surface area (Å²) in [5.74, 6) is 0.293. The van der Waals surface area contributed by atoms with Gasteiger partial charge in [0.05, 0.1) is 5.69 Å². The lowest BCUT2D eigenvalue weighted by Crippen LogP contribution is -2.35. The van der Waals surface area contributed by atoms with E-state index >= 15 is 0 Å². The molecule has 1 fully saturated rings. The van der Waals surface area contributed by atoms with E-state index in [0.29, 0.717) is 17.9 Å². The average Bonchev–Trinajstić information content (AvgIpc) is 2.43. The summed E-state index contributed by atoms with van der Waals surface area (Å²) in [6, 6.07) is 3.54. The van der Waals surface area contributed by atoms with Gasteiger partial charge in [-0.15, -0.1) is 0 Å². The zero-order chi connectivity index (χ0) is 15.2. The number of pyridine rings is 1. The molecule has 0 unspecified atom stereocenters. The second-order valence-corrected chi connectivity index (χ2v) is 5.54. The highest BCUT2D eigenvalue weighted by Crippen LogP contribution is 2.26. The minimum absolute atomic E-state index is 0.0862. The molecule has 2 rings (SSSR count). The molecular formula is C15H22N4O2. The number of hydrogen-bond acceptors (Lipinski definition) is 4. The minimum atomic E-state index is -0.224. The van der Waals surface area contributed by atoms with Crippen LogP contribution in [-0.2, 0) is 9.59 Å². The largest absolute Gasteiger partial charge is 0.327 e. The van der Waals surface area contributed by atoms with Gasteiger partial charge in [0.25, 0.3) is 0 Å². The van der Waals surface area contributed by atoms with Crippen LogP contribution in [0.3, 0.4) is 0 Å². The van der Waals surface area contributed by atoms with Crippen LogP contribution >= 0.6 is 0 Å². The van der Waals surface area contributed by atoms with Gasteiger partial charge in [0.1, 0.15) is 0 Å². The fraction of sp³-hybridized carbons (Fsp3) is 0.533. The summed E-state index contributed by atoms with van der Waals surface area (Å²) < 4.78 is 0. The number of amides is 2. The van der Waals surface area contributed by atoms with Gasteiger partial charge >= 0.3 is 0 Å². The quantitative estimate of drug-likeness (QED) is 0.788. The maximum absolute atomic E-state index is 12.2. The Balaban J connectivity index is 1.97. The van der Waals surface area contributed by atoms with Gasteiger partial charge in [-0.25, -0.2) is 4.98 Å². The Labute approximate surface area is 124 Å². The van der Waals surface area contributed by atoms with Crippen molar-refractivity contribution in [3.05, 3.63) is 18.3 Å². The smallest absolute Gasteiger partial charge is 0.224 e. The Bertz CT molecular complexity index is 518. The van der Waals surface area contributed by atoms with E-state index < -0.39 is 0 Å². The van der Waals surface area contributed by atoms with Crippen molar-refractivity contribution >= 4 is 23.3 Å². The van der Waals surface area contributed by atoms with Gasteiger partial charge in [-0.1, -0.05) is 12.8 Å². The molecular weight excluding hydrogens is 268 g/mol. The summed E-state index contributed by atoms with van der Waals surface area (Å²) in [5, 5.41) is 5.41. The van der Waals surface area contributed by atoms with E-state index in [9.17, 15) is 9.59 Å². The van der Waals surface area contributed by atoms with Crippen LogP contribution in [0.15, 0.2) is 18.3 Å². The highest BCUT2D eigenvalue weighted by Gasteiger charge is 2.24. The van der Waals surface area contributed by atoms with Gasteiger partial charge in [-0.2, -0.15) is 0 Å². The van der Waals surface area contributed by atoms with Crippen LogP contribution < -0.4 is 16.4 Å². The van der Waals surface area contributed by atoms with Crippen molar-refractivity contribution in [2.75, 3.05) is 10.6 Å². The molecule has 2 amide bonds. The number of nitrogens with two attached hydrogens (primary N) is 1. The Morgan fingerprint density at radius 3 is 2.81 bits per heavy atom. The Hall–Kier alpha value is -1.95. The fourth-order valence-electron chi connectivity index (χ4n) is 2.70. The van der Waals surface area contributed by atoms with Crippen LogP contribution in [0.4, 0.5) is 11.5 Å². The molecule has 0 aromatic carbocycles. The molecule has 0 aliphatic heterocycles. The van der Waals surface area contributed by atoms with Crippen molar-refractivity contribution in [2.45, 2.75) is 45.1 Å². The normalized spacial score (nSPS) is 21.6. The molecule has 0 radical (unpaired) electrons. The number of carbonyl (C=O) groups excluding carboxylic acids is 2. The summed E-state index contributed by atoms with van der Waals surface area (Å²) in [6.45, 7) is 1.40.